The van der Waals surface area contributed by atoms with Gasteiger partial charge in [-0.25, -0.2) is 9.59 Å². The van der Waals surface area contributed by atoms with Crippen LogP contribution in [0, 0.1) is 0 Å². The smallest absolute Gasteiger partial charge is 0.437 e. The summed E-state index contributed by atoms with van der Waals surface area (Å²) in [5.74, 6) is -9.00. The van der Waals surface area contributed by atoms with E-state index >= 15 is 0 Å². The Balaban J connectivity index is 4.36. The molecular weight excluding hydrogens is 174 g/mol. The molecule has 0 spiro atoms. The lowest BCUT2D eigenvalue weighted by Gasteiger charge is -2.12. The van der Waals surface area contributed by atoms with Crippen molar-refractivity contribution in [1.29, 1.82) is 0 Å². The van der Waals surface area contributed by atoms with E-state index in [1.807, 2.05) is 0 Å². The van der Waals surface area contributed by atoms with Crippen LogP contribution in [0.15, 0.2) is 0 Å². The molecule has 4 nitrogen and oxygen atoms in total. The van der Waals surface area contributed by atoms with E-state index in [4.69, 9.17) is 5.11 Å². The summed E-state index contributed by atoms with van der Waals surface area (Å²) >= 11 is 0. The first kappa shape index (κ1) is 10.8. The van der Waals surface area contributed by atoms with Crippen LogP contribution in [0.2, 0.25) is 0 Å². The Bertz CT molecular complexity index is 200. The van der Waals surface area contributed by atoms with Crippen LogP contribution in [-0.4, -0.2) is 29.1 Å². The Kier molecular flexibility index (Phi) is 3.12. The largest absolute Gasteiger partial charge is 0.476 e. The molecule has 0 bridgehead atoms. The van der Waals surface area contributed by atoms with Crippen LogP contribution in [0.5, 0.6) is 0 Å². The number of alkyl halides is 2. The third kappa shape index (κ3) is 2.44. The maximum Gasteiger partial charge on any atom is 0.437 e. The number of hydrogen-bond donors (Lipinski definition) is 1. The highest BCUT2D eigenvalue weighted by Gasteiger charge is 2.49. The van der Waals surface area contributed by atoms with Gasteiger partial charge in [0.1, 0.15) is 0 Å². The van der Waals surface area contributed by atoms with Crippen LogP contribution in [0.3, 0.4) is 0 Å². The number of carboxylic acids is 1. The molecule has 0 aromatic heterocycles. The monoisotopic (exact) mass is 182 g/mol. The zero-order chi connectivity index (χ0) is 9.94. The molecule has 0 aliphatic heterocycles. The molecule has 0 aromatic carbocycles. The number of carboxylic acid groups (broad SMARTS) is 1. The lowest BCUT2D eigenvalue weighted by molar-refractivity contribution is -0.189. The Morgan fingerprint density at radius 3 is 2.08 bits per heavy atom. The average Bonchev–Trinajstić information content (AvgIpc) is 1.85. The fourth-order valence-corrected chi connectivity index (χ4v) is 0.375. The van der Waals surface area contributed by atoms with Crippen molar-refractivity contribution in [2.24, 2.45) is 0 Å². The van der Waals surface area contributed by atoms with Crippen molar-refractivity contribution in [1.82, 2.24) is 0 Å². The molecule has 6 heteroatoms. The van der Waals surface area contributed by atoms with Crippen molar-refractivity contribution < 1.29 is 28.2 Å². The summed E-state index contributed by atoms with van der Waals surface area (Å²) in [4.78, 5) is 20.2. The van der Waals surface area contributed by atoms with Gasteiger partial charge in [0.25, 0.3) is 0 Å². The Hall–Kier alpha value is -1.20. The molecule has 0 saturated heterocycles. The number of hydrogen-bond acceptors (Lipinski definition) is 3. The second-order valence-electron chi connectivity index (χ2n) is 2.33. The van der Waals surface area contributed by atoms with E-state index in [2.05, 4.69) is 4.74 Å². The summed E-state index contributed by atoms with van der Waals surface area (Å²) in [5.41, 5.74) is 0. The first-order valence-electron chi connectivity index (χ1n) is 3.10. The standard InChI is InChI=1S/C6H8F2O4/c1-3(2)12-5(11)6(7,8)4(9)10/h3H,1-2H3,(H,9,10). The number of esters is 1. The summed E-state index contributed by atoms with van der Waals surface area (Å²) in [6.07, 6.45) is -0.761. The van der Waals surface area contributed by atoms with Crippen molar-refractivity contribution in [3.63, 3.8) is 0 Å². The van der Waals surface area contributed by atoms with Gasteiger partial charge in [-0.05, 0) is 13.8 Å². The first-order valence-corrected chi connectivity index (χ1v) is 3.10. The summed E-state index contributed by atoms with van der Waals surface area (Å²) in [7, 11) is 0. The number of ether oxygens (including phenoxy) is 1. The Morgan fingerprint density at radius 2 is 1.83 bits per heavy atom. The molecule has 0 unspecified atom stereocenters. The molecule has 0 saturated carbocycles. The molecule has 0 fully saturated rings. The number of carbonyl (C=O) groups is 2. The van der Waals surface area contributed by atoms with Gasteiger partial charge in [-0.3, -0.25) is 0 Å². The lowest BCUT2D eigenvalue weighted by Crippen LogP contribution is -2.40. The van der Waals surface area contributed by atoms with Crippen molar-refractivity contribution in [2.75, 3.05) is 0 Å². The summed E-state index contributed by atoms with van der Waals surface area (Å²) in [6.45, 7) is 2.69. The van der Waals surface area contributed by atoms with Gasteiger partial charge in [0.15, 0.2) is 0 Å². The van der Waals surface area contributed by atoms with E-state index < -0.39 is 24.0 Å². The topological polar surface area (TPSA) is 63.6 Å². The number of halogens is 2. The van der Waals surface area contributed by atoms with E-state index in [1.165, 1.54) is 13.8 Å². The van der Waals surface area contributed by atoms with Gasteiger partial charge in [-0.2, -0.15) is 8.78 Å². The van der Waals surface area contributed by atoms with E-state index in [-0.39, 0.29) is 0 Å². The predicted octanol–water partition coefficient (Wildman–Crippen LogP) is 0.658. The first-order chi connectivity index (χ1) is 5.28. The van der Waals surface area contributed by atoms with Crippen molar-refractivity contribution in [3.05, 3.63) is 0 Å². The molecule has 70 valence electrons. The minimum Gasteiger partial charge on any atom is -0.476 e. The van der Waals surface area contributed by atoms with E-state index in [0.29, 0.717) is 0 Å². The molecule has 0 amide bonds. The third-order valence-electron chi connectivity index (χ3n) is 0.868. The summed E-state index contributed by atoms with van der Waals surface area (Å²) in [5, 5.41) is 7.87. The highest BCUT2D eigenvalue weighted by atomic mass is 19.3. The minimum absolute atomic E-state index is 0.761. The van der Waals surface area contributed by atoms with Crippen LogP contribution in [0.25, 0.3) is 0 Å². The van der Waals surface area contributed by atoms with E-state index in [1.54, 1.807) is 0 Å². The highest BCUT2D eigenvalue weighted by Crippen LogP contribution is 2.16. The van der Waals surface area contributed by atoms with Crippen molar-refractivity contribution in [2.45, 2.75) is 25.9 Å². The minimum atomic E-state index is -4.45. The zero-order valence-electron chi connectivity index (χ0n) is 6.51. The Morgan fingerprint density at radius 1 is 1.42 bits per heavy atom. The molecule has 1 N–H and O–H groups in total. The van der Waals surface area contributed by atoms with E-state index in [0.717, 1.165) is 0 Å². The fraction of sp³-hybridized carbons (Fsp3) is 0.667. The molecule has 0 heterocycles. The molecular formula is C6H8F2O4. The molecule has 0 radical (unpaired) electrons. The van der Waals surface area contributed by atoms with Gasteiger partial charge in [0, 0.05) is 0 Å². The van der Waals surface area contributed by atoms with Gasteiger partial charge in [0.05, 0.1) is 6.10 Å². The number of carbonyl (C=O) groups excluding carboxylic acids is 1. The van der Waals surface area contributed by atoms with Crippen molar-refractivity contribution in [3.8, 4) is 0 Å². The third-order valence-corrected chi connectivity index (χ3v) is 0.868. The molecule has 12 heavy (non-hydrogen) atoms. The molecule has 0 aromatic rings. The normalized spacial score (nSPS) is 11.4. The maximum absolute atomic E-state index is 12.2. The molecule has 0 rings (SSSR count). The highest BCUT2D eigenvalue weighted by molar-refractivity contribution is 6.00. The Labute approximate surface area is 67.1 Å². The number of rotatable bonds is 3. The van der Waals surface area contributed by atoms with Gasteiger partial charge in [-0.1, -0.05) is 0 Å². The van der Waals surface area contributed by atoms with Gasteiger partial charge >= 0.3 is 17.9 Å². The quantitative estimate of drug-likeness (QED) is 0.514. The summed E-state index contributed by atoms with van der Waals surface area (Å²) in [6, 6.07) is 0. The van der Waals surface area contributed by atoms with Crippen LogP contribution in [0.1, 0.15) is 13.8 Å². The van der Waals surface area contributed by atoms with Crippen LogP contribution < -0.4 is 0 Å². The molecule has 0 atom stereocenters. The lowest BCUT2D eigenvalue weighted by atomic mass is 10.3. The molecule has 0 aliphatic carbocycles. The van der Waals surface area contributed by atoms with Gasteiger partial charge < -0.3 is 9.84 Å². The van der Waals surface area contributed by atoms with Crippen molar-refractivity contribution >= 4 is 11.9 Å². The van der Waals surface area contributed by atoms with Crippen LogP contribution >= 0.6 is 0 Å². The second kappa shape index (κ2) is 3.46. The van der Waals surface area contributed by atoms with E-state index in [9.17, 15) is 18.4 Å². The fourth-order valence-electron chi connectivity index (χ4n) is 0.375. The van der Waals surface area contributed by atoms with Gasteiger partial charge in [0.2, 0.25) is 0 Å². The van der Waals surface area contributed by atoms with Gasteiger partial charge in [-0.15, -0.1) is 0 Å². The maximum atomic E-state index is 12.2. The number of aliphatic carboxylic acids is 1. The molecule has 0 aliphatic rings. The SMILES string of the molecule is CC(C)OC(=O)C(F)(F)C(=O)O. The van der Waals surface area contributed by atoms with Crippen LogP contribution in [-0.2, 0) is 14.3 Å². The second-order valence-corrected chi connectivity index (χ2v) is 2.33. The predicted molar refractivity (Wildman–Crippen MR) is 33.8 cm³/mol. The van der Waals surface area contributed by atoms with Crippen LogP contribution in [0.4, 0.5) is 8.78 Å². The summed E-state index contributed by atoms with van der Waals surface area (Å²) < 4.78 is 28.5. The zero-order valence-corrected chi connectivity index (χ0v) is 6.51. The average molecular weight is 182 g/mol.